The van der Waals surface area contributed by atoms with Crippen LogP contribution in [0.25, 0.3) is 0 Å². The van der Waals surface area contributed by atoms with Crippen LogP contribution in [-0.4, -0.2) is 24.5 Å². The highest BCUT2D eigenvalue weighted by Crippen LogP contribution is 2.41. The summed E-state index contributed by atoms with van der Waals surface area (Å²) in [5.74, 6) is -0.202. The van der Waals surface area contributed by atoms with Crippen molar-refractivity contribution in [3.05, 3.63) is 95.6 Å². The molecule has 0 radical (unpaired) electrons. The Morgan fingerprint density at radius 3 is 2.00 bits per heavy atom. The summed E-state index contributed by atoms with van der Waals surface area (Å²) in [5.41, 5.74) is 2.84. The second kappa shape index (κ2) is 10.7. The molecule has 2 atom stereocenters. The zero-order chi connectivity index (χ0) is 24.0. The minimum absolute atomic E-state index is 0.267. The van der Waals surface area contributed by atoms with Gasteiger partial charge in [0.2, 0.25) is 0 Å². The van der Waals surface area contributed by atoms with Gasteiger partial charge in [0.25, 0.3) is 0 Å². The van der Waals surface area contributed by atoms with Crippen LogP contribution in [0.2, 0.25) is 0 Å². The zero-order valence-electron chi connectivity index (χ0n) is 19.7. The number of esters is 1. The third-order valence-electron chi connectivity index (χ3n) is 5.39. The summed E-state index contributed by atoms with van der Waals surface area (Å²) in [7, 11) is 0. The average molecular weight is 463 g/mol. The molecule has 3 aromatic carbocycles. The Labute approximate surface area is 200 Å². The van der Waals surface area contributed by atoms with Gasteiger partial charge in [0.15, 0.2) is 23.4 Å². The average Bonchev–Trinajstić information content (AvgIpc) is 3.18. The number of carbonyl (C=O) groups excluding carboxylic acids is 1. The molecule has 0 amide bonds. The van der Waals surface area contributed by atoms with Crippen molar-refractivity contribution in [2.24, 2.45) is 0 Å². The molecule has 34 heavy (non-hydrogen) atoms. The first kappa shape index (κ1) is 23.8. The third-order valence-corrected chi connectivity index (χ3v) is 5.39. The lowest BCUT2D eigenvalue weighted by Gasteiger charge is -2.19. The van der Waals surface area contributed by atoms with Crippen molar-refractivity contribution in [3.63, 3.8) is 0 Å². The molecule has 1 fully saturated rings. The van der Waals surface area contributed by atoms with Crippen molar-refractivity contribution in [1.29, 1.82) is 0 Å². The van der Waals surface area contributed by atoms with Crippen molar-refractivity contribution in [1.82, 2.24) is 0 Å². The fourth-order valence-electron chi connectivity index (χ4n) is 3.81. The summed E-state index contributed by atoms with van der Waals surface area (Å²) in [4.78, 5) is 12.6. The quantitative estimate of drug-likeness (QED) is 0.386. The van der Waals surface area contributed by atoms with Gasteiger partial charge in [0, 0.05) is 0 Å². The highest BCUT2D eigenvalue weighted by molar-refractivity contribution is 5.76. The monoisotopic (exact) mass is 462 g/mol. The molecular weight excluding hydrogens is 432 g/mol. The van der Waals surface area contributed by atoms with E-state index >= 15 is 0 Å². The molecule has 6 heteroatoms. The lowest BCUT2D eigenvalue weighted by Crippen LogP contribution is -2.29. The Hall–Kier alpha value is -3.35. The molecule has 6 nitrogen and oxygen atoms in total. The smallest absolute Gasteiger partial charge is 0.338 e. The molecule has 178 valence electrons. The van der Waals surface area contributed by atoms with Gasteiger partial charge in [-0.05, 0) is 49.6 Å². The standard InChI is InChI=1S/C28H30O6/c1-4-30-27(29)26-25(33-28(2,3)34-26)22-15-16-23(31-18-20-11-7-5-8-12-20)24(17-22)32-19-21-13-9-6-10-14-21/h5-17,25-26H,4,18-19H2,1-3H3/t25-,26+/m1/s1. The molecule has 0 bridgehead atoms. The Morgan fingerprint density at radius 2 is 1.41 bits per heavy atom. The van der Waals surface area contributed by atoms with E-state index in [0.29, 0.717) is 24.7 Å². The number of carbonyl (C=O) groups is 1. The molecule has 3 aromatic rings. The van der Waals surface area contributed by atoms with E-state index in [0.717, 1.165) is 16.7 Å². The molecule has 0 N–H and O–H groups in total. The largest absolute Gasteiger partial charge is 0.485 e. The van der Waals surface area contributed by atoms with Gasteiger partial charge in [-0.1, -0.05) is 66.7 Å². The Kier molecular flexibility index (Phi) is 7.50. The molecule has 1 saturated heterocycles. The Morgan fingerprint density at radius 1 is 0.824 bits per heavy atom. The third kappa shape index (κ3) is 5.95. The maximum atomic E-state index is 12.6. The Balaban J connectivity index is 1.60. The number of benzene rings is 3. The fraction of sp³-hybridized carbons (Fsp3) is 0.321. The summed E-state index contributed by atoms with van der Waals surface area (Å²) in [6, 6.07) is 25.4. The second-order valence-electron chi connectivity index (χ2n) is 8.48. The van der Waals surface area contributed by atoms with Crippen LogP contribution >= 0.6 is 0 Å². The lowest BCUT2D eigenvalue weighted by atomic mass is 10.0. The van der Waals surface area contributed by atoms with Crippen LogP contribution in [0.5, 0.6) is 11.5 Å². The predicted octanol–water partition coefficient (Wildman–Crippen LogP) is 5.60. The molecule has 0 aromatic heterocycles. The van der Waals surface area contributed by atoms with Crippen molar-refractivity contribution < 1.29 is 28.5 Å². The second-order valence-corrected chi connectivity index (χ2v) is 8.48. The minimum atomic E-state index is -0.921. The first-order valence-corrected chi connectivity index (χ1v) is 11.4. The van der Waals surface area contributed by atoms with E-state index in [9.17, 15) is 4.79 Å². The molecule has 1 aliphatic rings. The van der Waals surface area contributed by atoms with E-state index in [2.05, 4.69) is 0 Å². The van der Waals surface area contributed by atoms with Gasteiger partial charge in [-0.15, -0.1) is 0 Å². The van der Waals surface area contributed by atoms with Gasteiger partial charge in [0.05, 0.1) is 6.61 Å². The van der Waals surface area contributed by atoms with Crippen molar-refractivity contribution in [3.8, 4) is 11.5 Å². The molecule has 0 saturated carbocycles. The van der Waals surface area contributed by atoms with E-state index in [4.69, 9.17) is 23.7 Å². The van der Waals surface area contributed by atoms with Crippen molar-refractivity contribution >= 4 is 5.97 Å². The predicted molar refractivity (Wildman–Crippen MR) is 127 cm³/mol. The lowest BCUT2D eigenvalue weighted by molar-refractivity contribution is -0.170. The first-order valence-electron chi connectivity index (χ1n) is 11.4. The number of hydrogen-bond donors (Lipinski definition) is 0. The summed E-state index contributed by atoms with van der Waals surface area (Å²) >= 11 is 0. The summed E-state index contributed by atoms with van der Waals surface area (Å²) in [6.07, 6.45) is -1.50. The van der Waals surface area contributed by atoms with Gasteiger partial charge in [-0.2, -0.15) is 0 Å². The van der Waals surface area contributed by atoms with Crippen LogP contribution in [0.1, 0.15) is 43.6 Å². The number of rotatable bonds is 9. The van der Waals surface area contributed by atoms with Crippen LogP contribution in [-0.2, 0) is 32.2 Å². The molecule has 4 rings (SSSR count). The number of hydrogen-bond acceptors (Lipinski definition) is 6. The molecule has 1 heterocycles. The van der Waals surface area contributed by atoms with Gasteiger partial charge in [0.1, 0.15) is 19.3 Å². The van der Waals surface area contributed by atoms with E-state index < -0.39 is 24.0 Å². The van der Waals surface area contributed by atoms with Gasteiger partial charge < -0.3 is 23.7 Å². The minimum Gasteiger partial charge on any atom is -0.485 e. The molecule has 1 aliphatic heterocycles. The van der Waals surface area contributed by atoms with Crippen molar-refractivity contribution in [2.75, 3.05) is 6.61 Å². The molecule has 0 spiro atoms. The number of ether oxygens (including phenoxy) is 5. The normalized spacial score (nSPS) is 18.9. The maximum absolute atomic E-state index is 12.6. The highest BCUT2D eigenvalue weighted by atomic mass is 16.8. The van der Waals surface area contributed by atoms with E-state index in [1.165, 1.54) is 0 Å². The fourth-order valence-corrected chi connectivity index (χ4v) is 3.81. The van der Waals surface area contributed by atoms with Gasteiger partial charge in [-0.25, -0.2) is 4.79 Å². The summed E-state index contributed by atoms with van der Waals surface area (Å²) < 4.78 is 29.4. The van der Waals surface area contributed by atoms with Crippen LogP contribution in [0.15, 0.2) is 78.9 Å². The molecular formula is C28H30O6. The van der Waals surface area contributed by atoms with Crippen molar-refractivity contribution in [2.45, 2.75) is 52.0 Å². The Bertz CT molecular complexity index is 1080. The van der Waals surface area contributed by atoms with Gasteiger partial charge in [-0.3, -0.25) is 0 Å². The summed E-state index contributed by atoms with van der Waals surface area (Å²) in [5, 5.41) is 0. The summed E-state index contributed by atoms with van der Waals surface area (Å²) in [6.45, 7) is 6.38. The van der Waals surface area contributed by atoms with Crippen LogP contribution in [0.3, 0.4) is 0 Å². The zero-order valence-corrected chi connectivity index (χ0v) is 19.7. The molecule has 0 aliphatic carbocycles. The van der Waals surface area contributed by atoms with E-state index in [1.807, 2.05) is 78.9 Å². The van der Waals surface area contributed by atoms with E-state index in [1.54, 1.807) is 20.8 Å². The van der Waals surface area contributed by atoms with Gasteiger partial charge >= 0.3 is 5.97 Å². The van der Waals surface area contributed by atoms with Crippen LogP contribution < -0.4 is 9.47 Å². The van der Waals surface area contributed by atoms with Crippen LogP contribution in [0.4, 0.5) is 0 Å². The first-order chi connectivity index (χ1) is 16.4. The SMILES string of the molecule is CCOC(=O)[C@H]1OC(C)(C)O[C@@H]1c1ccc(OCc2ccccc2)c(OCc2ccccc2)c1. The topological polar surface area (TPSA) is 63.2 Å². The molecule has 0 unspecified atom stereocenters. The highest BCUT2D eigenvalue weighted by Gasteiger charge is 2.47. The van der Waals surface area contributed by atoms with Crippen LogP contribution in [0, 0.1) is 0 Å². The maximum Gasteiger partial charge on any atom is 0.338 e. The van der Waals surface area contributed by atoms with E-state index in [-0.39, 0.29) is 6.61 Å².